The van der Waals surface area contributed by atoms with Crippen molar-refractivity contribution in [2.45, 2.75) is 58.0 Å². The lowest BCUT2D eigenvalue weighted by Gasteiger charge is -2.28. The Balaban J connectivity index is 1.83. The quantitative estimate of drug-likeness (QED) is 0.470. The fourth-order valence-corrected chi connectivity index (χ4v) is 4.12. The summed E-state index contributed by atoms with van der Waals surface area (Å²) in [6.45, 7) is 4.04. The van der Waals surface area contributed by atoms with Crippen molar-refractivity contribution in [1.29, 1.82) is 5.53 Å². The highest BCUT2D eigenvalue weighted by Crippen LogP contribution is 2.39. The standard InChI is InChI=1S/C22H30N6O3/c1-3-13(2)9-19(29)26-17-8-7-14-5-4-6-15-10-18(28(20(14)15)22(17)31)21(30)25-12-16(11-23)27-24/h4-6,11,13,17-18,24H,3,7-10,12,23H2,1-2H3,(H,25,30)(H,26,29)/b16-11-,27-24?/t13-,17-,18-/m0/s1. The first-order chi connectivity index (χ1) is 14.9. The summed E-state index contributed by atoms with van der Waals surface area (Å²) in [6, 6.07) is 4.44. The monoisotopic (exact) mass is 426 g/mol. The van der Waals surface area contributed by atoms with E-state index >= 15 is 0 Å². The Morgan fingerprint density at radius 1 is 1.39 bits per heavy atom. The van der Waals surface area contributed by atoms with E-state index in [9.17, 15) is 14.4 Å². The van der Waals surface area contributed by atoms with E-state index < -0.39 is 12.1 Å². The number of hydrogen-bond acceptors (Lipinski definition) is 6. The van der Waals surface area contributed by atoms with Gasteiger partial charge >= 0.3 is 0 Å². The van der Waals surface area contributed by atoms with E-state index in [0.29, 0.717) is 25.7 Å². The van der Waals surface area contributed by atoms with Crippen molar-refractivity contribution in [1.82, 2.24) is 10.6 Å². The predicted molar refractivity (Wildman–Crippen MR) is 116 cm³/mol. The highest BCUT2D eigenvalue weighted by atomic mass is 16.2. The Kier molecular flexibility index (Phi) is 7.04. The summed E-state index contributed by atoms with van der Waals surface area (Å²) < 4.78 is 0. The van der Waals surface area contributed by atoms with Crippen LogP contribution in [0.2, 0.25) is 0 Å². The summed E-state index contributed by atoms with van der Waals surface area (Å²) in [7, 11) is 0. The summed E-state index contributed by atoms with van der Waals surface area (Å²) in [5.41, 5.74) is 15.4. The summed E-state index contributed by atoms with van der Waals surface area (Å²) in [6.07, 6.45) is 3.95. The van der Waals surface area contributed by atoms with Crippen molar-refractivity contribution in [3.63, 3.8) is 0 Å². The van der Waals surface area contributed by atoms with Crippen LogP contribution in [0.15, 0.2) is 35.2 Å². The first-order valence-corrected chi connectivity index (χ1v) is 10.7. The molecule has 3 rings (SSSR count). The number of carbonyl (C=O) groups excluding carboxylic acids is 3. The number of carbonyl (C=O) groups is 3. The zero-order valence-electron chi connectivity index (χ0n) is 18.0. The number of nitrogens with zero attached hydrogens (tertiary/aromatic N) is 2. The van der Waals surface area contributed by atoms with E-state index in [-0.39, 0.29) is 35.9 Å². The number of nitrogens with two attached hydrogens (primary N) is 1. The van der Waals surface area contributed by atoms with Crippen LogP contribution in [0.25, 0.3) is 0 Å². The van der Waals surface area contributed by atoms with E-state index in [0.717, 1.165) is 29.4 Å². The first-order valence-electron chi connectivity index (χ1n) is 10.7. The number of nitrogens with one attached hydrogen (secondary N) is 3. The number of benzene rings is 1. The van der Waals surface area contributed by atoms with Gasteiger partial charge in [0.05, 0.1) is 17.9 Å². The molecule has 0 unspecified atom stereocenters. The number of amides is 3. The molecule has 2 aliphatic heterocycles. The third-order valence-corrected chi connectivity index (χ3v) is 6.06. The number of rotatable bonds is 8. The lowest BCUT2D eigenvalue weighted by Crippen LogP contribution is -2.54. The summed E-state index contributed by atoms with van der Waals surface area (Å²) >= 11 is 0. The zero-order chi connectivity index (χ0) is 22.5. The van der Waals surface area contributed by atoms with Crippen molar-refractivity contribution < 1.29 is 14.4 Å². The van der Waals surface area contributed by atoms with Crippen molar-refractivity contribution in [3.8, 4) is 0 Å². The molecule has 1 aromatic carbocycles. The summed E-state index contributed by atoms with van der Waals surface area (Å²) in [5.74, 6) is -0.512. The topological polar surface area (TPSA) is 141 Å². The molecule has 0 saturated carbocycles. The lowest BCUT2D eigenvalue weighted by molar-refractivity contribution is -0.129. The molecular formula is C22H30N6O3. The van der Waals surface area contributed by atoms with Crippen LogP contribution in [0.4, 0.5) is 5.69 Å². The minimum atomic E-state index is -0.722. The van der Waals surface area contributed by atoms with Crippen LogP contribution >= 0.6 is 0 Å². The normalized spacial score (nSPS) is 21.2. The van der Waals surface area contributed by atoms with Crippen LogP contribution in [0.1, 0.15) is 44.2 Å². The maximum Gasteiger partial charge on any atom is 0.250 e. The third kappa shape index (κ3) is 4.76. The molecule has 1 aromatic rings. The second kappa shape index (κ2) is 9.72. The van der Waals surface area contributed by atoms with Crippen LogP contribution in [0.3, 0.4) is 0 Å². The molecule has 0 spiro atoms. The van der Waals surface area contributed by atoms with Crippen LogP contribution < -0.4 is 21.3 Å². The van der Waals surface area contributed by atoms with Gasteiger partial charge in [0.2, 0.25) is 17.7 Å². The van der Waals surface area contributed by atoms with Gasteiger partial charge in [-0.15, -0.1) is 0 Å². The fraction of sp³-hybridized carbons (Fsp3) is 0.500. The van der Waals surface area contributed by atoms with Crippen LogP contribution in [0, 0.1) is 11.4 Å². The molecular weight excluding hydrogens is 396 g/mol. The maximum absolute atomic E-state index is 13.5. The first kappa shape index (κ1) is 22.5. The van der Waals surface area contributed by atoms with Gasteiger partial charge in [-0.3, -0.25) is 19.3 Å². The molecule has 3 amide bonds. The fourth-order valence-electron chi connectivity index (χ4n) is 4.12. The summed E-state index contributed by atoms with van der Waals surface area (Å²) in [5, 5.41) is 8.87. The Morgan fingerprint density at radius 3 is 2.81 bits per heavy atom. The summed E-state index contributed by atoms with van der Waals surface area (Å²) in [4.78, 5) is 40.5. The molecule has 0 saturated heterocycles. The molecule has 0 aromatic heterocycles. The third-order valence-electron chi connectivity index (χ3n) is 6.06. The van der Waals surface area contributed by atoms with Gasteiger partial charge in [0.15, 0.2) is 0 Å². The Labute approximate surface area is 181 Å². The van der Waals surface area contributed by atoms with E-state index in [2.05, 4.69) is 15.7 Å². The lowest BCUT2D eigenvalue weighted by atomic mass is 10.0. The van der Waals surface area contributed by atoms with Crippen molar-refractivity contribution in [2.24, 2.45) is 16.8 Å². The molecule has 9 heteroatoms. The molecule has 3 atom stereocenters. The SMILES string of the molecule is CC[C@H](C)CC(=O)N[C@H]1CCc2cccc3c2N(C1=O)[C@H](C(=O)NC/C(=C/N)N=N)C3. The van der Waals surface area contributed by atoms with E-state index in [1.165, 1.54) is 0 Å². The maximum atomic E-state index is 13.5. The number of para-hydroxylation sites is 1. The molecule has 5 N–H and O–H groups in total. The predicted octanol–water partition coefficient (Wildman–Crippen LogP) is 1.76. The molecule has 0 bridgehead atoms. The van der Waals surface area contributed by atoms with E-state index in [1.807, 2.05) is 32.0 Å². The Hall–Kier alpha value is -3.23. The van der Waals surface area contributed by atoms with Gasteiger partial charge in [0.1, 0.15) is 12.1 Å². The van der Waals surface area contributed by atoms with Gasteiger partial charge in [-0.1, -0.05) is 38.5 Å². The molecule has 2 aliphatic rings. The largest absolute Gasteiger partial charge is 0.403 e. The van der Waals surface area contributed by atoms with Gasteiger partial charge in [-0.05, 0) is 29.9 Å². The average Bonchev–Trinajstić information content (AvgIpc) is 3.10. The molecule has 166 valence electrons. The van der Waals surface area contributed by atoms with Gasteiger partial charge in [0.25, 0.3) is 0 Å². The van der Waals surface area contributed by atoms with Crippen LogP contribution in [-0.2, 0) is 27.2 Å². The number of hydrogen-bond donors (Lipinski definition) is 4. The van der Waals surface area contributed by atoms with Gasteiger partial charge in [0, 0.05) is 19.0 Å². The van der Waals surface area contributed by atoms with Crippen molar-refractivity contribution >= 4 is 23.4 Å². The highest BCUT2D eigenvalue weighted by Gasteiger charge is 2.43. The second-order valence-corrected chi connectivity index (χ2v) is 8.22. The van der Waals surface area contributed by atoms with Crippen molar-refractivity contribution in [3.05, 3.63) is 41.2 Å². The molecule has 0 fully saturated rings. The van der Waals surface area contributed by atoms with Gasteiger partial charge < -0.3 is 16.4 Å². The zero-order valence-corrected chi connectivity index (χ0v) is 18.0. The van der Waals surface area contributed by atoms with Crippen LogP contribution in [-0.4, -0.2) is 36.3 Å². The molecule has 0 radical (unpaired) electrons. The smallest absolute Gasteiger partial charge is 0.250 e. The van der Waals surface area contributed by atoms with Gasteiger partial charge in [-0.25, -0.2) is 5.53 Å². The minimum absolute atomic E-state index is 0.00956. The number of aryl methyl sites for hydroxylation is 1. The molecule has 0 aliphatic carbocycles. The minimum Gasteiger partial charge on any atom is -0.403 e. The Bertz CT molecular complexity index is 913. The second-order valence-electron chi connectivity index (χ2n) is 8.22. The van der Waals surface area contributed by atoms with E-state index in [4.69, 9.17) is 11.3 Å². The molecule has 31 heavy (non-hydrogen) atoms. The molecule has 2 heterocycles. The van der Waals surface area contributed by atoms with E-state index in [1.54, 1.807) is 4.90 Å². The highest BCUT2D eigenvalue weighted by molar-refractivity contribution is 6.07. The molecule has 9 nitrogen and oxygen atoms in total. The van der Waals surface area contributed by atoms with Crippen LogP contribution in [0.5, 0.6) is 0 Å². The average molecular weight is 427 g/mol. The van der Waals surface area contributed by atoms with Crippen molar-refractivity contribution in [2.75, 3.05) is 11.4 Å². The number of anilines is 1. The van der Waals surface area contributed by atoms with Gasteiger partial charge in [-0.2, -0.15) is 5.11 Å². The Morgan fingerprint density at radius 2 is 2.13 bits per heavy atom.